The number of hydrogen-bond acceptors (Lipinski definition) is 3. The molecule has 4 nitrogen and oxygen atoms in total. The number of hydrogen-bond donors (Lipinski definition) is 2. The van der Waals surface area contributed by atoms with Gasteiger partial charge in [-0.2, -0.15) is 0 Å². The molecule has 0 saturated heterocycles. The molecule has 2 rings (SSSR count). The van der Waals surface area contributed by atoms with E-state index in [1.165, 1.54) is 0 Å². The number of carbonyl (C=O) groups is 1. The van der Waals surface area contributed by atoms with Crippen LogP contribution in [-0.2, 0) is 17.8 Å². The van der Waals surface area contributed by atoms with Crippen molar-refractivity contribution < 1.29 is 14.6 Å². The fourth-order valence-electron chi connectivity index (χ4n) is 1.63. The molecule has 0 aromatic heterocycles. The number of anilines is 1. The maximum Gasteiger partial charge on any atom is 0.228 e. The molecule has 14 heavy (non-hydrogen) atoms. The van der Waals surface area contributed by atoms with E-state index in [-0.39, 0.29) is 12.5 Å². The number of amides is 1. The van der Waals surface area contributed by atoms with Gasteiger partial charge < -0.3 is 15.2 Å². The monoisotopic (exact) mass is 193 g/mol. The molecule has 74 valence electrons. The lowest BCUT2D eigenvalue weighted by Gasteiger charge is -2.08. The van der Waals surface area contributed by atoms with Gasteiger partial charge in [0, 0.05) is 0 Å². The smallest absolute Gasteiger partial charge is 0.228 e. The maximum atomic E-state index is 11.1. The van der Waals surface area contributed by atoms with Crippen molar-refractivity contribution in [3.63, 3.8) is 0 Å². The van der Waals surface area contributed by atoms with Gasteiger partial charge in [-0.1, -0.05) is 6.07 Å². The van der Waals surface area contributed by atoms with Gasteiger partial charge >= 0.3 is 0 Å². The van der Waals surface area contributed by atoms with Gasteiger partial charge in [-0.25, -0.2) is 0 Å². The van der Waals surface area contributed by atoms with E-state index < -0.39 is 0 Å². The molecule has 1 heterocycles. The summed E-state index contributed by atoms with van der Waals surface area (Å²) in [5, 5.41) is 11.7. The molecule has 0 aliphatic carbocycles. The van der Waals surface area contributed by atoms with Gasteiger partial charge in [-0.3, -0.25) is 4.79 Å². The van der Waals surface area contributed by atoms with E-state index in [1.807, 2.05) is 6.07 Å². The second-order valence-electron chi connectivity index (χ2n) is 3.22. The Labute approximate surface area is 81.5 Å². The summed E-state index contributed by atoms with van der Waals surface area (Å²) < 4.78 is 5.12. The van der Waals surface area contributed by atoms with E-state index >= 15 is 0 Å². The van der Waals surface area contributed by atoms with Crippen molar-refractivity contribution in [2.75, 3.05) is 12.4 Å². The summed E-state index contributed by atoms with van der Waals surface area (Å²) in [6.45, 7) is -0.0438. The largest absolute Gasteiger partial charge is 0.495 e. The van der Waals surface area contributed by atoms with Crippen LogP contribution in [0, 0.1) is 0 Å². The molecule has 0 radical (unpaired) electrons. The van der Waals surface area contributed by atoms with Crippen molar-refractivity contribution in [3.8, 4) is 5.75 Å². The molecule has 0 atom stereocenters. The van der Waals surface area contributed by atoms with Gasteiger partial charge in [0.25, 0.3) is 0 Å². The van der Waals surface area contributed by atoms with Gasteiger partial charge in [0.2, 0.25) is 5.91 Å². The SMILES string of the molecule is COc1cc(CO)cc2c1NC(=O)C2. The number of aliphatic hydroxyl groups excluding tert-OH is 1. The predicted molar refractivity (Wildman–Crippen MR) is 51.3 cm³/mol. The first kappa shape index (κ1) is 9.02. The highest BCUT2D eigenvalue weighted by atomic mass is 16.5. The summed E-state index contributed by atoms with van der Waals surface area (Å²) in [7, 11) is 1.54. The lowest BCUT2D eigenvalue weighted by Crippen LogP contribution is -2.04. The lowest BCUT2D eigenvalue weighted by molar-refractivity contribution is -0.115. The molecule has 4 heteroatoms. The zero-order valence-corrected chi connectivity index (χ0v) is 7.83. The van der Waals surface area contributed by atoms with E-state index in [1.54, 1.807) is 13.2 Å². The second kappa shape index (κ2) is 3.31. The fourth-order valence-corrected chi connectivity index (χ4v) is 1.63. The van der Waals surface area contributed by atoms with Crippen LogP contribution in [0.3, 0.4) is 0 Å². The zero-order chi connectivity index (χ0) is 10.1. The predicted octanol–water partition coefficient (Wildman–Crippen LogP) is 0.682. The molecule has 1 aromatic carbocycles. The van der Waals surface area contributed by atoms with Crippen LogP contribution in [-0.4, -0.2) is 18.1 Å². The Morgan fingerprint density at radius 1 is 1.57 bits per heavy atom. The van der Waals surface area contributed by atoms with Gasteiger partial charge in [0.1, 0.15) is 5.75 Å². The van der Waals surface area contributed by atoms with Crippen LogP contribution >= 0.6 is 0 Å². The Bertz CT molecular complexity index is 387. The lowest BCUT2D eigenvalue weighted by atomic mass is 10.1. The van der Waals surface area contributed by atoms with E-state index in [0.29, 0.717) is 12.2 Å². The van der Waals surface area contributed by atoms with E-state index in [9.17, 15) is 4.79 Å². The van der Waals surface area contributed by atoms with Crippen LogP contribution in [0.15, 0.2) is 12.1 Å². The standard InChI is InChI=1S/C10H11NO3/c1-14-8-3-6(5-12)2-7-4-9(13)11-10(7)8/h2-3,12H,4-5H2,1H3,(H,11,13). The van der Waals surface area contributed by atoms with Crippen LogP contribution in [0.5, 0.6) is 5.75 Å². The first-order valence-electron chi connectivity index (χ1n) is 4.35. The third-order valence-corrected chi connectivity index (χ3v) is 2.26. The van der Waals surface area contributed by atoms with E-state index in [0.717, 1.165) is 16.8 Å². The molecular weight excluding hydrogens is 182 g/mol. The van der Waals surface area contributed by atoms with Crippen molar-refractivity contribution >= 4 is 11.6 Å². The Kier molecular flexibility index (Phi) is 2.13. The number of nitrogens with one attached hydrogen (secondary N) is 1. The van der Waals surface area contributed by atoms with Gasteiger partial charge in [0.05, 0.1) is 25.8 Å². The molecule has 2 N–H and O–H groups in total. The van der Waals surface area contributed by atoms with Gasteiger partial charge in [0.15, 0.2) is 0 Å². The number of aliphatic hydroxyl groups is 1. The molecule has 1 amide bonds. The molecule has 0 spiro atoms. The van der Waals surface area contributed by atoms with Crippen LogP contribution in [0.25, 0.3) is 0 Å². The number of fused-ring (bicyclic) bond motifs is 1. The van der Waals surface area contributed by atoms with Gasteiger partial charge in [-0.15, -0.1) is 0 Å². The normalized spacial score (nSPS) is 13.7. The number of methoxy groups -OCH3 is 1. The molecule has 1 aliphatic rings. The first-order valence-corrected chi connectivity index (χ1v) is 4.35. The molecule has 1 aromatic rings. The quantitative estimate of drug-likeness (QED) is 0.726. The molecule has 1 aliphatic heterocycles. The van der Waals surface area contributed by atoms with Crippen molar-refractivity contribution in [2.45, 2.75) is 13.0 Å². The average Bonchev–Trinajstić information content (AvgIpc) is 2.56. The van der Waals surface area contributed by atoms with Crippen LogP contribution < -0.4 is 10.1 Å². The van der Waals surface area contributed by atoms with Crippen LogP contribution in [0.1, 0.15) is 11.1 Å². The Hall–Kier alpha value is -1.55. The number of ether oxygens (including phenoxy) is 1. The van der Waals surface area contributed by atoms with E-state index in [4.69, 9.17) is 9.84 Å². The first-order chi connectivity index (χ1) is 6.74. The minimum atomic E-state index is -0.0438. The summed E-state index contributed by atoms with van der Waals surface area (Å²) in [6, 6.07) is 3.54. The second-order valence-corrected chi connectivity index (χ2v) is 3.22. The van der Waals surface area contributed by atoms with Crippen LogP contribution in [0.4, 0.5) is 5.69 Å². The summed E-state index contributed by atoms with van der Waals surface area (Å²) in [4.78, 5) is 11.1. The van der Waals surface area contributed by atoms with E-state index in [2.05, 4.69) is 5.32 Å². The van der Waals surface area contributed by atoms with Crippen molar-refractivity contribution in [1.29, 1.82) is 0 Å². The topological polar surface area (TPSA) is 58.6 Å². The van der Waals surface area contributed by atoms with Crippen molar-refractivity contribution in [3.05, 3.63) is 23.3 Å². The zero-order valence-electron chi connectivity index (χ0n) is 7.83. The molecule has 0 saturated carbocycles. The summed E-state index contributed by atoms with van der Waals surface area (Å²) in [5.41, 5.74) is 2.38. The third kappa shape index (κ3) is 1.33. The Morgan fingerprint density at radius 3 is 3.00 bits per heavy atom. The summed E-state index contributed by atoms with van der Waals surface area (Å²) in [6.07, 6.45) is 0.361. The number of rotatable bonds is 2. The third-order valence-electron chi connectivity index (χ3n) is 2.26. The molecule has 0 bridgehead atoms. The van der Waals surface area contributed by atoms with Crippen LogP contribution in [0.2, 0.25) is 0 Å². The number of carbonyl (C=O) groups excluding carboxylic acids is 1. The van der Waals surface area contributed by atoms with Crippen molar-refractivity contribution in [2.24, 2.45) is 0 Å². The Balaban J connectivity index is 2.51. The summed E-state index contributed by atoms with van der Waals surface area (Å²) >= 11 is 0. The highest BCUT2D eigenvalue weighted by Crippen LogP contribution is 2.34. The average molecular weight is 193 g/mol. The maximum absolute atomic E-state index is 11.1. The molecule has 0 fully saturated rings. The highest BCUT2D eigenvalue weighted by molar-refractivity contribution is 6.01. The molecular formula is C10H11NO3. The summed E-state index contributed by atoms with van der Waals surface area (Å²) in [5.74, 6) is 0.575. The minimum Gasteiger partial charge on any atom is -0.495 e. The Morgan fingerprint density at radius 2 is 2.36 bits per heavy atom. The fraction of sp³-hybridized carbons (Fsp3) is 0.300. The number of benzene rings is 1. The highest BCUT2D eigenvalue weighted by Gasteiger charge is 2.21. The van der Waals surface area contributed by atoms with Gasteiger partial charge in [-0.05, 0) is 17.2 Å². The minimum absolute atomic E-state index is 0.0339. The molecule has 0 unspecified atom stereocenters. The van der Waals surface area contributed by atoms with Crippen molar-refractivity contribution in [1.82, 2.24) is 0 Å².